The first-order chi connectivity index (χ1) is 8.42. The van der Waals surface area contributed by atoms with Crippen LogP contribution in [0.3, 0.4) is 0 Å². The largest absolute Gasteiger partial charge is 0.396 e. The molecule has 0 amide bonds. The van der Waals surface area contributed by atoms with Crippen molar-refractivity contribution in [1.82, 2.24) is 0 Å². The summed E-state index contributed by atoms with van der Waals surface area (Å²) in [5, 5.41) is 19.3. The zero-order chi connectivity index (χ0) is 13.8. The van der Waals surface area contributed by atoms with E-state index in [1.165, 1.54) is 16.7 Å². The van der Waals surface area contributed by atoms with Gasteiger partial charge in [0.2, 0.25) is 0 Å². The second kappa shape index (κ2) is 6.35. The van der Waals surface area contributed by atoms with Gasteiger partial charge in [-0.2, -0.15) is 0 Å². The molecule has 0 aliphatic rings. The molecule has 0 heterocycles. The molecule has 0 fully saturated rings. The van der Waals surface area contributed by atoms with E-state index in [0.29, 0.717) is 5.92 Å². The van der Waals surface area contributed by atoms with Gasteiger partial charge in [-0.25, -0.2) is 0 Å². The van der Waals surface area contributed by atoms with Gasteiger partial charge in [-0.3, -0.25) is 0 Å². The van der Waals surface area contributed by atoms with Crippen molar-refractivity contribution >= 4 is 0 Å². The Hall–Kier alpha value is -0.860. The first-order valence-electron chi connectivity index (χ1n) is 6.70. The molecule has 0 aliphatic carbocycles. The molecular formula is C16H26O2. The van der Waals surface area contributed by atoms with Crippen molar-refractivity contribution in [2.24, 2.45) is 11.3 Å². The quantitative estimate of drug-likeness (QED) is 0.815. The van der Waals surface area contributed by atoms with Crippen molar-refractivity contribution < 1.29 is 10.2 Å². The first-order valence-corrected chi connectivity index (χ1v) is 6.70. The van der Waals surface area contributed by atoms with E-state index in [1.807, 2.05) is 0 Å². The Morgan fingerprint density at radius 1 is 1.06 bits per heavy atom. The Bertz CT molecular complexity index is 379. The Morgan fingerprint density at radius 3 is 2.11 bits per heavy atom. The number of aliphatic hydroxyl groups is 2. The summed E-state index contributed by atoms with van der Waals surface area (Å²) >= 11 is 0. The second-order valence-electron chi connectivity index (χ2n) is 6.01. The van der Waals surface area contributed by atoms with Crippen molar-refractivity contribution in [2.75, 3.05) is 13.2 Å². The van der Waals surface area contributed by atoms with Crippen LogP contribution in [0.15, 0.2) is 18.2 Å². The fourth-order valence-corrected chi connectivity index (χ4v) is 2.58. The van der Waals surface area contributed by atoms with Crippen LogP contribution in [0.5, 0.6) is 0 Å². The van der Waals surface area contributed by atoms with Crippen LogP contribution >= 0.6 is 0 Å². The molecular weight excluding hydrogens is 224 g/mol. The van der Waals surface area contributed by atoms with Gasteiger partial charge in [0, 0.05) is 5.41 Å². The highest BCUT2D eigenvalue weighted by molar-refractivity contribution is 5.30. The number of aryl methyl sites for hydroxylation is 2. The first kappa shape index (κ1) is 15.2. The fourth-order valence-electron chi connectivity index (χ4n) is 2.58. The smallest absolute Gasteiger partial charge is 0.0512 e. The Morgan fingerprint density at radius 2 is 1.67 bits per heavy atom. The molecule has 2 heteroatoms. The standard InChI is InChI=1S/C16H26O2/c1-12(2)8-16(10-17,11-18)9-15-6-5-13(3)14(4)7-15/h5-7,12,17-18H,8-11H2,1-4H3. The van der Waals surface area contributed by atoms with Crippen LogP contribution in [0.2, 0.25) is 0 Å². The van der Waals surface area contributed by atoms with Crippen LogP contribution in [-0.4, -0.2) is 23.4 Å². The lowest BCUT2D eigenvalue weighted by atomic mass is 9.76. The zero-order valence-corrected chi connectivity index (χ0v) is 12.0. The molecule has 0 aliphatic heterocycles. The highest BCUT2D eigenvalue weighted by Crippen LogP contribution is 2.30. The highest BCUT2D eigenvalue weighted by atomic mass is 16.3. The van der Waals surface area contributed by atoms with E-state index >= 15 is 0 Å². The molecule has 0 unspecified atom stereocenters. The maximum atomic E-state index is 9.65. The van der Waals surface area contributed by atoms with Crippen molar-refractivity contribution in [3.05, 3.63) is 34.9 Å². The number of rotatable bonds is 6. The van der Waals surface area contributed by atoms with Crippen LogP contribution in [-0.2, 0) is 6.42 Å². The predicted octanol–water partition coefficient (Wildman–Crippen LogP) is 2.86. The topological polar surface area (TPSA) is 40.5 Å². The van der Waals surface area contributed by atoms with Gasteiger partial charge < -0.3 is 10.2 Å². The molecule has 1 aromatic carbocycles. The molecule has 1 rings (SSSR count). The van der Waals surface area contributed by atoms with Gasteiger partial charge >= 0.3 is 0 Å². The van der Waals surface area contributed by atoms with Crippen LogP contribution in [0.4, 0.5) is 0 Å². The van der Waals surface area contributed by atoms with E-state index < -0.39 is 5.41 Å². The maximum absolute atomic E-state index is 9.65. The van der Waals surface area contributed by atoms with E-state index in [0.717, 1.165) is 12.8 Å². The van der Waals surface area contributed by atoms with Crippen LogP contribution in [0.25, 0.3) is 0 Å². The summed E-state index contributed by atoms with van der Waals surface area (Å²) in [6.07, 6.45) is 1.58. The average molecular weight is 250 g/mol. The van der Waals surface area contributed by atoms with Gasteiger partial charge in [0.05, 0.1) is 13.2 Å². The van der Waals surface area contributed by atoms with Gasteiger partial charge in [0.1, 0.15) is 0 Å². The van der Waals surface area contributed by atoms with E-state index in [9.17, 15) is 10.2 Å². The summed E-state index contributed by atoms with van der Waals surface area (Å²) in [5.41, 5.74) is 3.35. The zero-order valence-electron chi connectivity index (χ0n) is 12.0. The number of benzene rings is 1. The Labute approximate surface area is 111 Å². The third-order valence-electron chi connectivity index (χ3n) is 3.66. The predicted molar refractivity (Wildman–Crippen MR) is 75.7 cm³/mol. The highest BCUT2D eigenvalue weighted by Gasteiger charge is 2.30. The van der Waals surface area contributed by atoms with E-state index in [-0.39, 0.29) is 13.2 Å². The third-order valence-corrected chi connectivity index (χ3v) is 3.66. The van der Waals surface area contributed by atoms with E-state index in [1.54, 1.807) is 0 Å². The van der Waals surface area contributed by atoms with E-state index in [4.69, 9.17) is 0 Å². The lowest BCUT2D eigenvalue weighted by Gasteiger charge is -2.32. The summed E-state index contributed by atoms with van der Waals surface area (Å²) in [5.74, 6) is 0.468. The normalized spacial score (nSPS) is 12.2. The van der Waals surface area contributed by atoms with Crippen LogP contribution in [0, 0.1) is 25.2 Å². The Balaban J connectivity index is 2.92. The summed E-state index contributed by atoms with van der Waals surface area (Å²) in [6.45, 7) is 8.52. The minimum absolute atomic E-state index is 0.0363. The fraction of sp³-hybridized carbons (Fsp3) is 0.625. The van der Waals surface area contributed by atoms with Crippen molar-refractivity contribution in [2.45, 2.75) is 40.5 Å². The van der Waals surface area contributed by atoms with Crippen LogP contribution in [0.1, 0.15) is 37.0 Å². The van der Waals surface area contributed by atoms with Crippen molar-refractivity contribution in [3.8, 4) is 0 Å². The number of hydrogen-bond acceptors (Lipinski definition) is 2. The molecule has 2 N–H and O–H groups in total. The van der Waals surface area contributed by atoms with E-state index in [2.05, 4.69) is 45.9 Å². The van der Waals surface area contributed by atoms with Gasteiger partial charge in [-0.05, 0) is 49.3 Å². The molecule has 2 nitrogen and oxygen atoms in total. The molecule has 102 valence electrons. The molecule has 0 radical (unpaired) electrons. The summed E-state index contributed by atoms with van der Waals surface area (Å²) in [7, 11) is 0. The SMILES string of the molecule is Cc1ccc(CC(CO)(CO)CC(C)C)cc1C. The molecule has 0 spiro atoms. The molecule has 0 saturated heterocycles. The molecule has 0 saturated carbocycles. The van der Waals surface area contributed by atoms with Gasteiger partial charge in [-0.15, -0.1) is 0 Å². The van der Waals surface area contributed by atoms with Crippen molar-refractivity contribution in [1.29, 1.82) is 0 Å². The lowest BCUT2D eigenvalue weighted by Crippen LogP contribution is -2.34. The second-order valence-corrected chi connectivity index (χ2v) is 6.01. The summed E-state index contributed by atoms with van der Waals surface area (Å²) < 4.78 is 0. The molecule has 0 bridgehead atoms. The molecule has 0 aromatic heterocycles. The monoisotopic (exact) mass is 250 g/mol. The van der Waals surface area contributed by atoms with Gasteiger partial charge in [0.25, 0.3) is 0 Å². The Kier molecular flexibility index (Phi) is 5.36. The van der Waals surface area contributed by atoms with Gasteiger partial charge in [-0.1, -0.05) is 32.0 Å². The molecule has 0 atom stereocenters. The molecule has 18 heavy (non-hydrogen) atoms. The number of hydrogen-bond donors (Lipinski definition) is 2. The van der Waals surface area contributed by atoms with Crippen LogP contribution < -0.4 is 0 Å². The molecule has 1 aromatic rings. The number of aliphatic hydroxyl groups excluding tert-OH is 2. The van der Waals surface area contributed by atoms with Crippen molar-refractivity contribution in [3.63, 3.8) is 0 Å². The third kappa shape index (κ3) is 3.82. The summed E-state index contributed by atoms with van der Waals surface area (Å²) in [6, 6.07) is 6.37. The van der Waals surface area contributed by atoms with Gasteiger partial charge in [0.15, 0.2) is 0 Å². The minimum Gasteiger partial charge on any atom is -0.396 e. The lowest BCUT2D eigenvalue weighted by molar-refractivity contribution is 0.0369. The maximum Gasteiger partial charge on any atom is 0.0512 e. The average Bonchev–Trinajstić information content (AvgIpc) is 2.32. The minimum atomic E-state index is -0.393. The summed E-state index contributed by atoms with van der Waals surface area (Å²) in [4.78, 5) is 0.